The van der Waals surface area contributed by atoms with Gasteiger partial charge < -0.3 is 5.32 Å². The number of nitrogens with zero attached hydrogens (tertiary/aromatic N) is 2. The van der Waals surface area contributed by atoms with E-state index in [2.05, 4.69) is 30.1 Å². The quantitative estimate of drug-likeness (QED) is 0.911. The molecule has 0 amide bonds. The maximum absolute atomic E-state index is 8.90. The topological polar surface area (TPSA) is 39.1 Å². The molecular formula is C14H18ClN3. The molecule has 96 valence electrons. The molecule has 18 heavy (non-hydrogen) atoms. The normalized spacial score (nSPS) is 20.1. The second kappa shape index (κ2) is 5.60. The van der Waals surface area contributed by atoms with E-state index < -0.39 is 0 Å². The van der Waals surface area contributed by atoms with Crippen molar-refractivity contribution in [1.29, 1.82) is 5.26 Å². The molecule has 2 rings (SSSR count). The molecule has 1 unspecified atom stereocenters. The summed E-state index contributed by atoms with van der Waals surface area (Å²) in [5, 5.41) is 13.0. The van der Waals surface area contributed by atoms with Crippen molar-refractivity contribution in [2.75, 3.05) is 18.4 Å². The van der Waals surface area contributed by atoms with Gasteiger partial charge in [0.05, 0.1) is 22.3 Å². The summed E-state index contributed by atoms with van der Waals surface area (Å²) in [4.78, 5) is 2.44. The van der Waals surface area contributed by atoms with Crippen molar-refractivity contribution in [3.63, 3.8) is 0 Å². The first-order chi connectivity index (χ1) is 8.60. The van der Waals surface area contributed by atoms with Crippen LogP contribution in [0.5, 0.6) is 0 Å². The van der Waals surface area contributed by atoms with Gasteiger partial charge in [-0.25, -0.2) is 0 Å². The number of nitriles is 1. The van der Waals surface area contributed by atoms with Crippen molar-refractivity contribution >= 4 is 17.3 Å². The first-order valence-corrected chi connectivity index (χ1v) is 6.68. The Hall–Kier alpha value is -1.24. The predicted octanol–water partition coefficient (Wildman–Crippen LogP) is 3.11. The summed E-state index contributed by atoms with van der Waals surface area (Å²) in [7, 11) is 0. The van der Waals surface area contributed by atoms with Gasteiger partial charge in [-0.2, -0.15) is 5.26 Å². The molecule has 1 N–H and O–H groups in total. The van der Waals surface area contributed by atoms with Crippen LogP contribution in [0.1, 0.15) is 25.8 Å². The first kappa shape index (κ1) is 13.2. The van der Waals surface area contributed by atoms with E-state index >= 15 is 0 Å². The number of hydrogen-bond donors (Lipinski definition) is 1. The maximum atomic E-state index is 8.90. The van der Waals surface area contributed by atoms with E-state index in [9.17, 15) is 0 Å². The van der Waals surface area contributed by atoms with Crippen LogP contribution >= 0.6 is 11.6 Å². The molecule has 0 aliphatic carbocycles. The number of halogens is 1. The number of hydrogen-bond acceptors (Lipinski definition) is 3. The monoisotopic (exact) mass is 263 g/mol. The highest BCUT2D eigenvalue weighted by Crippen LogP contribution is 2.25. The molecular weight excluding hydrogens is 246 g/mol. The van der Waals surface area contributed by atoms with Gasteiger partial charge in [0.25, 0.3) is 0 Å². The molecule has 1 aliphatic heterocycles. The Bertz CT molecular complexity index is 465. The maximum Gasteiger partial charge on any atom is 0.0992 e. The Morgan fingerprint density at radius 2 is 2.28 bits per heavy atom. The molecule has 0 saturated carbocycles. The van der Waals surface area contributed by atoms with E-state index in [0.29, 0.717) is 22.7 Å². The molecule has 3 nitrogen and oxygen atoms in total. The van der Waals surface area contributed by atoms with Crippen molar-refractivity contribution in [3.8, 4) is 6.07 Å². The third-order valence-electron chi connectivity index (χ3n) is 3.41. The molecule has 1 aliphatic rings. The van der Waals surface area contributed by atoms with Crippen molar-refractivity contribution in [2.24, 2.45) is 0 Å². The minimum Gasteiger partial charge on any atom is -0.380 e. The van der Waals surface area contributed by atoms with Crippen molar-refractivity contribution < 1.29 is 0 Å². The third-order valence-corrected chi connectivity index (χ3v) is 3.73. The molecule has 1 saturated heterocycles. The van der Waals surface area contributed by atoms with Gasteiger partial charge in [0.2, 0.25) is 0 Å². The fraction of sp³-hybridized carbons (Fsp3) is 0.500. The Labute approximate surface area is 113 Å². The number of benzene rings is 1. The molecule has 0 bridgehead atoms. The van der Waals surface area contributed by atoms with Crippen LogP contribution < -0.4 is 5.32 Å². The molecule has 1 aromatic rings. The van der Waals surface area contributed by atoms with Gasteiger partial charge in [-0.3, -0.25) is 4.90 Å². The van der Waals surface area contributed by atoms with E-state index in [1.807, 2.05) is 6.07 Å². The van der Waals surface area contributed by atoms with E-state index in [4.69, 9.17) is 16.9 Å². The highest BCUT2D eigenvalue weighted by molar-refractivity contribution is 6.33. The molecule has 0 spiro atoms. The van der Waals surface area contributed by atoms with E-state index in [1.54, 1.807) is 12.1 Å². The smallest absolute Gasteiger partial charge is 0.0992 e. The van der Waals surface area contributed by atoms with Gasteiger partial charge in [0.15, 0.2) is 0 Å². The van der Waals surface area contributed by atoms with E-state index in [0.717, 1.165) is 25.2 Å². The summed E-state index contributed by atoms with van der Waals surface area (Å²) < 4.78 is 0. The van der Waals surface area contributed by atoms with Crippen molar-refractivity contribution in [3.05, 3.63) is 28.8 Å². The minimum atomic E-state index is 0.416. The van der Waals surface area contributed by atoms with Crippen LogP contribution in [-0.2, 0) is 0 Å². The Balaban J connectivity index is 2.04. The van der Waals surface area contributed by atoms with E-state index in [1.165, 1.54) is 0 Å². The zero-order valence-electron chi connectivity index (χ0n) is 10.8. The van der Waals surface area contributed by atoms with E-state index in [-0.39, 0.29) is 0 Å². The van der Waals surface area contributed by atoms with Crippen LogP contribution in [-0.4, -0.2) is 30.1 Å². The van der Waals surface area contributed by atoms with Crippen LogP contribution in [0, 0.1) is 11.3 Å². The minimum absolute atomic E-state index is 0.416. The Morgan fingerprint density at radius 1 is 1.50 bits per heavy atom. The molecule has 1 heterocycles. The van der Waals surface area contributed by atoms with Crippen molar-refractivity contribution in [1.82, 2.24) is 4.90 Å². The van der Waals surface area contributed by atoms with Gasteiger partial charge in [-0.15, -0.1) is 0 Å². The lowest BCUT2D eigenvalue weighted by Crippen LogP contribution is -2.31. The summed E-state index contributed by atoms with van der Waals surface area (Å²) in [6.45, 7) is 6.58. The lowest BCUT2D eigenvalue weighted by Gasteiger charge is -2.21. The number of likely N-dealkylation sites (tertiary alicyclic amines) is 1. The fourth-order valence-electron chi connectivity index (χ4n) is 2.30. The highest BCUT2D eigenvalue weighted by Gasteiger charge is 2.24. The zero-order valence-corrected chi connectivity index (χ0v) is 11.5. The van der Waals surface area contributed by atoms with Gasteiger partial charge in [-0.1, -0.05) is 11.6 Å². The second-order valence-electron chi connectivity index (χ2n) is 5.03. The van der Waals surface area contributed by atoms with Gasteiger partial charge in [-0.05, 0) is 38.5 Å². The summed E-state index contributed by atoms with van der Waals surface area (Å²) in [6.07, 6.45) is 1.12. The molecule has 0 aromatic heterocycles. The van der Waals surface area contributed by atoms with Crippen LogP contribution in [0.2, 0.25) is 5.02 Å². The van der Waals surface area contributed by atoms with Crippen LogP contribution in [0.25, 0.3) is 0 Å². The summed E-state index contributed by atoms with van der Waals surface area (Å²) in [5.74, 6) is 0. The predicted molar refractivity (Wildman–Crippen MR) is 74.9 cm³/mol. The summed E-state index contributed by atoms with van der Waals surface area (Å²) >= 11 is 6.15. The zero-order chi connectivity index (χ0) is 13.1. The van der Waals surface area contributed by atoms with Gasteiger partial charge in [0.1, 0.15) is 0 Å². The second-order valence-corrected chi connectivity index (χ2v) is 5.43. The number of nitrogens with one attached hydrogen (secondary N) is 1. The average Bonchev–Trinajstić information content (AvgIpc) is 2.81. The fourth-order valence-corrected chi connectivity index (χ4v) is 2.47. The first-order valence-electron chi connectivity index (χ1n) is 6.30. The lowest BCUT2D eigenvalue weighted by molar-refractivity contribution is 0.274. The SMILES string of the molecule is CC(C)N1CCC(Nc2cc(C#N)ccc2Cl)C1. The number of rotatable bonds is 3. The molecule has 1 atom stereocenters. The van der Waals surface area contributed by atoms with Gasteiger partial charge >= 0.3 is 0 Å². The van der Waals surface area contributed by atoms with Crippen molar-refractivity contribution in [2.45, 2.75) is 32.4 Å². The molecule has 0 radical (unpaired) electrons. The molecule has 4 heteroatoms. The Kier molecular flexibility index (Phi) is 4.11. The molecule has 1 aromatic carbocycles. The van der Waals surface area contributed by atoms with Gasteiger partial charge in [0, 0.05) is 25.2 Å². The van der Waals surface area contributed by atoms with Crippen LogP contribution in [0.15, 0.2) is 18.2 Å². The van der Waals surface area contributed by atoms with Crippen LogP contribution in [0.4, 0.5) is 5.69 Å². The number of anilines is 1. The average molecular weight is 264 g/mol. The van der Waals surface area contributed by atoms with Crippen LogP contribution in [0.3, 0.4) is 0 Å². The lowest BCUT2D eigenvalue weighted by atomic mass is 10.2. The Morgan fingerprint density at radius 3 is 2.89 bits per heavy atom. The summed E-state index contributed by atoms with van der Waals surface area (Å²) in [5.41, 5.74) is 1.51. The highest BCUT2D eigenvalue weighted by atomic mass is 35.5. The standard InChI is InChI=1S/C14H18ClN3/c1-10(2)18-6-5-12(9-18)17-14-7-11(8-16)3-4-13(14)15/h3-4,7,10,12,17H,5-6,9H2,1-2H3. The largest absolute Gasteiger partial charge is 0.380 e. The summed E-state index contributed by atoms with van der Waals surface area (Å²) in [6, 6.07) is 8.47. The molecule has 1 fully saturated rings. The third kappa shape index (κ3) is 2.95.